The van der Waals surface area contributed by atoms with Crippen LogP contribution in [-0.4, -0.2) is 30.4 Å². The zero-order valence-corrected chi connectivity index (χ0v) is 14.5. The number of thiazole rings is 1. The summed E-state index contributed by atoms with van der Waals surface area (Å²) >= 11 is 1.55. The summed E-state index contributed by atoms with van der Waals surface area (Å²) in [5.74, 6) is 1.02. The van der Waals surface area contributed by atoms with Gasteiger partial charge in [0.1, 0.15) is 5.82 Å². The quantitative estimate of drug-likeness (QED) is 0.695. The average Bonchev–Trinajstić information content (AvgIpc) is 3.05. The van der Waals surface area contributed by atoms with E-state index in [2.05, 4.69) is 21.8 Å². The van der Waals surface area contributed by atoms with Crippen molar-refractivity contribution in [2.75, 3.05) is 6.54 Å². The van der Waals surface area contributed by atoms with Gasteiger partial charge in [-0.25, -0.2) is 9.97 Å². The molecule has 0 saturated carbocycles. The molecule has 0 aliphatic rings. The van der Waals surface area contributed by atoms with Gasteiger partial charge in [-0.05, 0) is 19.9 Å². The van der Waals surface area contributed by atoms with Crippen LogP contribution in [0, 0.1) is 6.92 Å². The summed E-state index contributed by atoms with van der Waals surface area (Å²) in [6.07, 6.45) is 6.65. The summed E-state index contributed by atoms with van der Waals surface area (Å²) in [6, 6.07) is 1.64. The van der Waals surface area contributed by atoms with Gasteiger partial charge in [-0.15, -0.1) is 11.3 Å². The molecule has 3 rings (SSSR count). The smallest absolute Gasteiger partial charge is 0.258 e. The van der Waals surface area contributed by atoms with E-state index in [0.717, 1.165) is 40.9 Å². The second-order valence-electron chi connectivity index (χ2n) is 5.75. The van der Waals surface area contributed by atoms with Crippen molar-refractivity contribution in [3.05, 3.63) is 51.4 Å². The van der Waals surface area contributed by atoms with Crippen molar-refractivity contribution in [1.29, 1.82) is 0 Å². The molecule has 0 unspecified atom stereocenters. The molecule has 0 bridgehead atoms. The maximum absolute atomic E-state index is 12.2. The van der Waals surface area contributed by atoms with Crippen LogP contribution in [0.15, 0.2) is 29.5 Å². The van der Waals surface area contributed by atoms with Gasteiger partial charge in [0, 0.05) is 43.1 Å². The van der Waals surface area contributed by atoms with Gasteiger partial charge in [0.15, 0.2) is 4.96 Å². The van der Waals surface area contributed by atoms with E-state index in [4.69, 9.17) is 0 Å². The van der Waals surface area contributed by atoms with Crippen molar-refractivity contribution in [3.63, 3.8) is 0 Å². The van der Waals surface area contributed by atoms with E-state index in [-0.39, 0.29) is 5.56 Å². The Labute approximate surface area is 139 Å². The molecule has 23 heavy (non-hydrogen) atoms. The predicted octanol–water partition coefficient (Wildman–Crippen LogP) is 2.21. The van der Waals surface area contributed by atoms with Crippen molar-refractivity contribution in [2.45, 2.75) is 33.4 Å². The highest BCUT2D eigenvalue weighted by Crippen LogP contribution is 2.14. The third kappa shape index (κ3) is 3.51. The molecule has 122 valence electrons. The lowest BCUT2D eigenvalue weighted by Crippen LogP contribution is -2.27. The van der Waals surface area contributed by atoms with Gasteiger partial charge in [0.2, 0.25) is 0 Å². The molecule has 7 heteroatoms. The maximum atomic E-state index is 12.2. The van der Waals surface area contributed by atoms with Crippen LogP contribution in [-0.2, 0) is 20.1 Å². The number of nitrogens with zero attached hydrogens (tertiary/aromatic N) is 5. The zero-order chi connectivity index (χ0) is 16.4. The second kappa shape index (κ2) is 6.64. The Hall–Kier alpha value is -1.99. The summed E-state index contributed by atoms with van der Waals surface area (Å²) in [5.41, 5.74) is 0.808. The molecule has 0 aromatic carbocycles. The molecule has 3 aromatic rings. The van der Waals surface area contributed by atoms with E-state index in [1.807, 2.05) is 37.1 Å². The lowest BCUT2D eigenvalue weighted by molar-refractivity contribution is 0.245. The molecule has 6 nitrogen and oxygen atoms in total. The van der Waals surface area contributed by atoms with Crippen LogP contribution < -0.4 is 5.56 Å². The third-order valence-corrected chi connectivity index (χ3v) is 4.65. The third-order valence-electron chi connectivity index (χ3n) is 3.75. The fourth-order valence-electron chi connectivity index (χ4n) is 2.65. The standard InChI is InChI=1S/C16H21N5OS/c1-4-6-20(11-14-17-5-7-19(14)3)10-13-8-15(22)21-9-12(2)23-16(21)18-13/h5,7-9H,4,6,10-11H2,1-3H3. The number of aromatic nitrogens is 4. The largest absolute Gasteiger partial charge is 0.337 e. The molecule has 0 amide bonds. The molecule has 3 heterocycles. The molecule has 0 aliphatic heterocycles. The van der Waals surface area contributed by atoms with E-state index in [0.29, 0.717) is 6.54 Å². The van der Waals surface area contributed by atoms with Gasteiger partial charge in [-0.1, -0.05) is 6.92 Å². The van der Waals surface area contributed by atoms with E-state index in [1.54, 1.807) is 21.8 Å². The normalized spacial score (nSPS) is 11.7. The first-order valence-electron chi connectivity index (χ1n) is 7.74. The van der Waals surface area contributed by atoms with E-state index in [9.17, 15) is 4.79 Å². The topological polar surface area (TPSA) is 55.4 Å². The lowest BCUT2D eigenvalue weighted by Gasteiger charge is -2.20. The van der Waals surface area contributed by atoms with Crippen LogP contribution in [0.5, 0.6) is 0 Å². The first kappa shape index (κ1) is 15.9. The summed E-state index contributed by atoms with van der Waals surface area (Å²) < 4.78 is 3.64. The minimum Gasteiger partial charge on any atom is -0.337 e. The highest BCUT2D eigenvalue weighted by molar-refractivity contribution is 7.16. The molecule has 0 radical (unpaired) electrons. The molecular weight excluding hydrogens is 310 g/mol. The first-order valence-corrected chi connectivity index (χ1v) is 8.55. The van der Waals surface area contributed by atoms with Crippen LogP contribution >= 0.6 is 11.3 Å². The number of hydrogen-bond acceptors (Lipinski definition) is 5. The van der Waals surface area contributed by atoms with Gasteiger partial charge in [0.05, 0.1) is 12.2 Å². The number of aryl methyl sites for hydroxylation is 2. The Kier molecular flexibility index (Phi) is 4.58. The molecular formula is C16H21N5OS. The van der Waals surface area contributed by atoms with Crippen molar-refractivity contribution < 1.29 is 0 Å². The summed E-state index contributed by atoms with van der Waals surface area (Å²) in [4.78, 5) is 25.4. The van der Waals surface area contributed by atoms with Crippen molar-refractivity contribution in [2.24, 2.45) is 7.05 Å². The van der Waals surface area contributed by atoms with E-state index >= 15 is 0 Å². The van der Waals surface area contributed by atoms with Crippen molar-refractivity contribution in [3.8, 4) is 0 Å². The Balaban J connectivity index is 1.85. The van der Waals surface area contributed by atoms with Crippen LogP contribution in [0.4, 0.5) is 0 Å². The fourth-order valence-corrected chi connectivity index (χ4v) is 3.50. The van der Waals surface area contributed by atoms with Gasteiger partial charge < -0.3 is 4.57 Å². The van der Waals surface area contributed by atoms with Gasteiger partial charge >= 0.3 is 0 Å². The molecule has 0 atom stereocenters. The molecule has 0 aliphatic carbocycles. The maximum Gasteiger partial charge on any atom is 0.258 e. The van der Waals surface area contributed by atoms with Crippen LogP contribution in [0.3, 0.4) is 0 Å². The molecule has 3 aromatic heterocycles. The van der Waals surface area contributed by atoms with Crippen molar-refractivity contribution >= 4 is 16.3 Å². The van der Waals surface area contributed by atoms with E-state index < -0.39 is 0 Å². The molecule has 0 spiro atoms. The monoisotopic (exact) mass is 331 g/mol. The van der Waals surface area contributed by atoms with Crippen LogP contribution in [0.1, 0.15) is 29.7 Å². The van der Waals surface area contributed by atoms with Gasteiger partial charge in [-0.3, -0.25) is 14.1 Å². The lowest BCUT2D eigenvalue weighted by atomic mass is 10.3. The minimum absolute atomic E-state index is 0.0113. The SMILES string of the molecule is CCCN(Cc1cc(=O)n2cc(C)sc2n1)Cc1nccn1C. The molecule has 0 fully saturated rings. The predicted molar refractivity (Wildman–Crippen MR) is 91.7 cm³/mol. The minimum atomic E-state index is -0.0113. The Bertz CT molecular complexity index is 863. The average molecular weight is 331 g/mol. The number of hydrogen-bond donors (Lipinski definition) is 0. The molecule has 0 saturated heterocycles. The first-order chi connectivity index (χ1) is 11.1. The highest BCUT2D eigenvalue weighted by atomic mass is 32.1. The Morgan fingerprint density at radius 1 is 1.35 bits per heavy atom. The highest BCUT2D eigenvalue weighted by Gasteiger charge is 2.12. The summed E-state index contributed by atoms with van der Waals surface area (Å²) in [7, 11) is 2.00. The molecule has 0 N–H and O–H groups in total. The van der Waals surface area contributed by atoms with Crippen molar-refractivity contribution in [1.82, 2.24) is 23.8 Å². The summed E-state index contributed by atoms with van der Waals surface area (Å²) in [6.45, 7) is 6.49. The number of fused-ring (bicyclic) bond motifs is 1. The van der Waals surface area contributed by atoms with E-state index in [1.165, 1.54) is 0 Å². The Morgan fingerprint density at radius 2 is 2.17 bits per heavy atom. The summed E-state index contributed by atoms with van der Waals surface area (Å²) in [5, 5.41) is 0. The Morgan fingerprint density at radius 3 is 2.87 bits per heavy atom. The van der Waals surface area contributed by atoms with Crippen LogP contribution in [0.2, 0.25) is 0 Å². The van der Waals surface area contributed by atoms with Gasteiger partial charge in [-0.2, -0.15) is 0 Å². The number of rotatable bonds is 6. The van der Waals surface area contributed by atoms with Crippen LogP contribution in [0.25, 0.3) is 4.96 Å². The fraction of sp³-hybridized carbons (Fsp3) is 0.438. The second-order valence-corrected chi connectivity index (χ2v) is 6.96. The van der Waals surface area contributed by atoms with Gasteiger partial charge in [0.25, 0.3) is 5.56 Å². The number of imidazole rings is 1. The zero-order valence-electron chi connectivity index (χ0n) is 13.7.